The normalized spacial score (nSPS) is 12.9. The standard InChI is InChI=1S/C17H20O6S2/c1-17(2,13-22-24(18,19)15-9-5-3-6-10-15)14-23-25(20,21)16-11-7-4-8-12-16/h3-12H,13-14H2,1-2H3. The smallest absolute Gasteiger partial charge is 0.266 e. The summed E-state index contributed by atoms with van der Waals surface area (Å²) in [6, 6.07) is 15.5. The maximum absolute atomic E-state index is 12.1. The lowest BCUT2D eigenvalue weighted by Crippen LogP contribution is -2.28. The lowest BCUT2D eigenvalue weighted by Gasteiger charge is -2.23. The van der Waals surface area contributed by atoms with Gasteiger partial charge in [-0.1, -0.05) is 50.2 Å². The molecular weight excluding hydrogens is 364 g/mol. The Balaban J connectivity index is 1.98. The molecule has 0 fully saturated rings. The molecule has 0 heterocycles. The number of rotatable bonds is 8. The molecule has 2 aromatic carbocycles. The Kier molecular flexibility index (Phi) is 5.99. The van der Waals surface area contributed by atoms with Gasteiger partial charge in [0.15, 0.2) is 0 Å². The Hall–Kier alpha value is -1.74. The van der Waals surface area contributed by atoms with Crippen LogP contribution >= 0.6 is 0 Å². The van der Waals surface area contributed by atoms with E-state index in [1.807, 2.05) is 0 Å². The van der Waals surface area contributed by atoms with Crippen molar-refractivity contribution >= 4 is 20.2 Å². The van der Waals surface area contributed by atoms with Gasteiger partial charge in [-0.05, 0) is 24.3 Å². The SMILES string of the molecule is CC(C)(COS(=O)(=O)c1ccccc1)COS(=O)(=O)c1ccccc1. The zero-order valence-corrected chi connectivity index (χ0v) is 15.6. The van der Waals surface area contributed by atoms with Crippen molar-refractivity contribution in [2.75, 3.05) is 13.2 Å². The summed E-state index contributed by atoms with van der Waals surface area (Å²) >= 11 is 0. The van der Waals surface area contributed by atoms with Gasteiger partial charge < -0.3 is 0 Å². The fourth-order valence-corrected chi connectivity index (χ4v) is 4.03. The van der Waals surface area contributed by atoms with Crippen LogP contribution in [0.15, 0.2) is 70.5 Å². The highest BCUT2D eigenvalue weighted by Gasteiger charge is 2.27. The van der Waals surface area contributed by atoms with E-state index in [9.17, 15) is 16.8 Å². The van der Waals surface area contributed by atoms with Crippen molar-refractivity contribution in [2.24, 2.45) is 5.41 Å². The largest absolute Gasteiger partial charge is 0.296 e. The van der Waals surface area contributed by atoms with Crippen LogP contribution in [0, 0.1) is 5.41 Å². The van der Waals surface area contributed by atoms with Gasteiger partial charge in [0.25, 0.3) is 20.2 Å². The highest BCUT2D eigenvalue weighted by molar-refractivity contribution is 7.87. The van der Waals surface area contributed by atoms with Crippen LogP contribution in [0.5, 0.6) is 0 Å². The van der Waals surface area contributed by atoms with E-state index in [1.54, 1.807) is 50.2 Å². The Morgan fingerprint density at radius 3 is 1.32 bits per heavy atom. The van der Waals surface area contributed by atoms with Crippen molar-refractivity contribution in [2.45, 2.75) is 23.6 Å². The second kappa shape index (κ2) is 7.65. The lowest BCUT2D eigenvalue weighted by molar-refractivity contribution is 0.117. The maximum Gasteiger partial charge on any atom is 0.296 e. The van der Waals surface area contributed by atoms with E-state index in [2.05, 4.69) is 0 Å². The summed E-state index contributed by atoms with van der Waals surface area (Å²) in [6.45, 7) is 2.89. The Morgan fingerprint density at radius 2 is 1.00 bits per heavy atom. The Morgan fingerprint density at radius 1 is 0.680 bits per heavy atom. The summed E-state index contributed by atoms with van der Waals surface area (Å²) in [6.07, 6.45) is 0. The molecule has 0 aliphatic rings. The van der Waals surface area contributed by atoms with Gasteiger partial charge in [0.1, 0.15) is 0 Å². The molecule has 0 radical (unpaired) electrons. The molecule has 25 heavy (non-hydrogen) atoms. The van der Waals surface area contributed by atoms with E-state index in [0.29, 0.717) is 0 Å². The number of hydrogen-bond acceptors (Lipinski definition) is 6. The molecule has 8 heteroatoms. The van der Waals surface area contributed by atoms with Crippen LogP contribution in [0.25, 0.3) is 0 Å². The van der Waals surface area contributed by atoms with Crippen LogP contribution < -0.4 is 0 Å². The quantitative estimate of drug-likeness (QED) is 0.651. The minimum absolute atomic E-state index is 0.0450. The first-order valence-corrected chi connectivity index (χ1v) is 10.3. The van der Waals surface area contributed by atoms with Gasteiger partial charge >= 0.3 is 0 Å². The fourth-order valence-electron chi connectivity index (χ4n) is 1.83. The van der Waals surface area contributed by atoms with Crippen molar-refractivity contribution < 1.29 is 25.2 Å². The summed E-state index contributed by atoms with van der Waals surface area (Å²) in [7, 11) is -7.81. The van der Waals surface area contributed by atoms with E-state index in [1.165, 1.54) is 24.3 Å². The van der Waals surface area contributed by atoms with E-state index >= 15 is 0 Å². The average Bonchev–Trinajstić information content (AvgIpc) is 2.60. The van der Waals surface area contributed by atoms with Gasteiger partial charge in [0.05, 0.1) is 23.0 Å². The monoisotopic (exact) mass is 384 g/mol. The molecule has 0 unspecified atom stereocenters. The second-order valence-corrected chi connectivity index (χ2v) is 9.45. The minimum Gasteiger partial charge on any atom is -0.266 e. The molecule has 6 nitrogen and oxygen atoms in total. The molecule has 0 amide bonds. The molecule has 2 rings (SSSR count). The van der Waals surface area contributed by atoms with Gasteiger partial charge in [-0.15, -0.1) is 0 Å². The number of benzene rings is 2. The topological polar surface area (TPSA) is 86.7 Å². The van der Waals surface area contributed by atoms with Crippen LogP contribution in [-0.2, 0) is 28.6 Å². The molecule has 0 spiro atoms. The molecule has 0 N–H and O–H groups in total. The van der Waals surface area contributed by atoms with E-state index in [-0.39, 0.29) is 23.0 Å². The maximum atomic E-state index is 12.1. The van der Waals surface area contributed by atoms with Gasteiger partial charge in [0, 0.05) is 5.41 Å². The van der Waals surface area contributed by atoms with Crippen molar-refractivity contribution in [3.05, 3.63) is 60.7 Å². The Labute approximate surface area is 148 Å². The third kappa shape index (κ3) is 5.64. The summed E-state index contributed by atoms with van der Waals surface area (Å²) < 4.78 is 58.6. The average molecular weight is 384 g/mol. The first-order valence-electron chi connectivity index (χ1n) is 7.51. The molecule has 0 aromatic heterocycles. The predicted molar refractivity (Wildman–Crippen MR) is 92.9 cm³/mol. The molecule has 2 aromatic rings. The molecule has 0 saturated heterocycles. The highest BCUT2D eigenvalue weighted by atomic mass is 32.2. The first-order chi connectivity index (χ1) is 11.6. The van der Waals surface area contributed by atoms with E-state index in [4.69, 9.17) is 8.37 Å². The van der Waals surface area contributed by atoms with Crippen LogP contribution in [0.3, 0.4) is 0 Å². The summed E-state index contributed by atoms with van der Waals surface area (Å²) in [5, 5.41) is 0. The molecule has 0 saturated carbocycles. The summed E-state index contributed by atoms with van der Waals surface area (Å²) in [4.78, 5) is 0.0900. The van der Waals surface area contributed by atoms with E-state index in [0.717, 1.165) is 0 Å². The molecule has 0 bridgehead atoms. The second-order valence-electron chi connectivity index (χ2n) is 6.22. The van der Waals surface area contributed by atoms with Gasteiger partial charge in [-0.2, -0.15) is 16.8 Å². The zero-order chi connectivity index (χ0) is 18.6. The molecule has 0 aliphatic heterocycles. The van der Waals surface area contributed by atoms with Crippen molar-refractivity contribution in [3.63, 3.8) is 0 Å². The molecule has 136 valence electrons. The predicted octanol–water partition coefficient (Wildman–Crippen LogP) is 2.82. The fraction of sp³-hybridized carbons (Fsp3) is 0.294. The van der Waals surface area contributed by atoms with Crippen LogP contribution in [-0.4, -0.2) is 30.0 Å². The third-order valence-electron chi connectivity index (χ3n) is 3.27. The lowest BCUT2D eigenvalue weighted by atomic mass is 9.97. The van der Waals surface area contributed by atoms with Crippen LogP contribution in [0.1, 0.15) is 13.8 Å². The van der Waals surface area contributed by atoms with Crippen LogP contribution in [0.4, 0.5) is 0 Å². The van der Waals surface area contributed by atoms with Crippen LogP contribution in [0.2, 0.25) is 0 Å². The Bertz CT molecular complexity index is 813. The molecule has 0 atom stereocenters. The van der Waals surface area contributed by atoms with Gasteiger partial charge in [-0.25, -0.2) is 0 Å². The van der Waals surface area contributed by atoms with Gasteiger partial charge in [0.2, 0.25) is 0 Å². The van der Waals surface area contributed by atoms with E-state index < -0.39 is 25.7 Å². The third-order valence-corrected chi connectivity index (χ3v) is 5.83. The summed E-state index contributed by atoms with van der Waals surface area (Å²) in [5.41, 5.74) is -0.830. The van der Waals surface area contributed by atoms with Crippen molar-refractivity contribution in [1.29, 1.82) is 0 Å². The molecular formula is C17H20O6S2. The number of hydrogen-bond donors (Lipinski definition) is 0. The molecule has 0 aliphatic carbocycles. The zero-order valence-electron chi connectivity index (χ0n) is 14.0. The minimum atomic E-state index is -3.90. The first kappa shape index (κ1) is 19.6. The summed E-state index contributed by atoms with van der Waals surface area (Å²) in [5.74, 6) is 0. The highest BCUT2D eigenvalue weighted by Crippen LogP contribution is 2.22. The van der Waals surface area contributed by atoms with Crippen molar-refractivity contribution in [1.82, 2.24) is 0 Å². The van der Waals surface area contributed by atoms with Crippen molar-refractivity contribution in [3.8, 4) is 0 Å². The van der Waals surface area contributed by atoms with Gasteiger partial charge in [-0.3, -0.25) is 8.37 Å².